The van der Waals surface area contributed by atoms with Crippen molar-refractivity contribution in [3.8, 4) is 21.7 Å². The van der Waals surface area contributed by atoms with Gasteiger partial charge in [-0.15, -0.1) is 22.7 Å². The largest absolute Gasteiger partial charge is 0.345 e. The Labute approximate surface area is 132 Å². The van der Waals surface area contributed by atoms with Crippen LogP contribution in [0.5, 0.6) is 0 Å². The van der Waals surface area contributed by atoms with Crippen LogP contribution in [-0.4, -0.2) is 9.97 Å². The van der Waals surface area contributed by atoms with Gasteiger partial charge in [-0.05, 0) is 39.2 Å². The first-order chi connectivity index (χ1) is 9.79. The maximum absolute atomic E-state index is 4.05. The molecular formula is C15H9BrN2S2. The Morgan fingerprint density at radius 1 is 0.950 bits per heavy atom. The standard InChI is InChI=1S/C15H9BrN2S2/c16-15-6-14-13(20-15)5-12(19-14)10-3-1-9(2-4-10)11-7-17-8-18-11/h1-8H,(H,17,18). The van der Waals surface area contributed by atoms with E-state index in [1.165, 1.54) is 23.6 Å². The second kappa shape index (κ2) is 4.84. The van der Waals surface area contributed by atoms with Gasteiger partial charge in [0.25, 0.3) is 0 Å². The molecule has 1 N–H and O–H groups in total. The fourth-order valence-electron chi connectivity index (χ4n) is 2.18. The second-order valence-electron chi connectivity index (χ2n) is 4.43. The van der Waals surface area contributed by atoms with Crippen molar-refractivity contribution in [2.75, 3.05) is 0 Å². The predicted molar refractivity (Wildman–Crippen MR) is 90.4 cm³/mol. The molecule has 0 aliphatic carbocycles. The third-order valence-corrected chi connectivity index (χ3v) is 6.00. The van der Waals surface area contributed by atoms with Gasteiger partial charge in [-0.1, -0.05) is 24.3 Å². The maximum atomic E-state index is 4.05. The third-order valence-electron chi connectivity index (χ3n) is 3.16. The van der Waals surface area contributed by atoms with Crippen LogP contribution in [0.3, 0.4) is 0 Å². The molecule has 1 aromatic carbocycles. The molecule has 0 bridgehead atoms. The van der Waals surface area contributed by atoms with Crippen molar-refractivity contribution in [3.63, 3.8) is 0 Å². The number of H-pyrrole nitrogens is 1. The quantitative estimate of drug-likeness (QED) is 0.482. The summed E-state index contributed by atoms with van der Waals surface area (Å²) >= 11 is 7.15. The molecule has 2 nitrogen and oxygen atoms in total. The lowest BCUT2D eigenvalue weighted by Gasteiger charge is -2.00. The molecule has 3 heterocycles. The van der Waals surface area contributed by atoms with Crippen molar-refractivity contribution >= 4 is 48.0 Å². The number of thiophene rings is 2. The number of fused-ring (bicyclic) bond motifs is 1. The lowest BCUT2D eigenvalue weighted by atomic mass is 10.1. The van der Waals surface area contributed by atoms with Crippen LogP contribution in [-0.2, 0) is 0 Å². The summed E-state index contributed by atoms with van der Waals surface area (Å²) in [5.41, 5.74) is 3.47. The Kier molecular flexibility index (Phi) is 2.98. The zero-order chi connectivity index (χ0) is 13.5. The van der Waals surface area contributed by atoms with Gasteiger partial charge in [0.05, 0.1) is 22.0 Å². The van der Waals surface area contributed by atoms with Crippen LogP contribution in [0.25, 0.3) is 31.1 Å². The van der Waals surface area contributed by atoms with Gasteiger partial charge in [0.1, 0.15) is 0 Å². The van der Waals surface area contributed by atoms with Gasteiger partial charge in [-0.25, -0.2) is 4.98 Å². The van der Waals surface area contributed by atoms with Crippen molar-refractivity contribution in [2.24, 2.45) is 0 Å². The summed E-state index contributed by atoms with van der Waals surface area (Å²) in [6.45, 7) is 0. The van der Waals surface area contributed by atoms with E-state index in [2.05, 4.69) is 62.3 Å². The van der Waals surface area contributed by atoms with Gasteiger partial charge < -0.3 is 4.98 Å². The molecular weight excluding hydrogens is 352 g/mol. The molecule has 0 fully saturated rings. The summed E-state index contributed by atoms with van der Waals surface area (Å²) in [5.74, 6) is 0. The number of hydrogen-bond donors (Lipinski definition) is 1. The number of benzene rings is 1. The number of hydrogen-bond acceptors (Lipinski definition) is 3. The molecule has 5 heteroatoms. The molecule has 0 unspecified atom stereocenters. The highest BCUT2D eigenvalue weighted by Gasteiger charge is 2.08. The van der Waals surface area contributed by atoms with Gasteiger partial charge in [0.15, 0.2) is 0 Å². The minimum absolute atomic E-state index is 1.05. The average Bonchev–Trinajstić information content (AvgIpc) is 3.13. The van der Waals surface area contributed by atoms with Crippen LogP contribution >= 0.6 is 38.6 Å². The van der Waals surface area contributed by atoms with Crippen LogP contribution in [0.4, 0.5) is 0 Å². The molecule has 4 rings (SSSR count). The number of imidazole rings is 1. The summed E-state index contributed by atoms with van der Waals surface area (Å²) in [6, 6.07) is 13.0. The van der Waals surface area contributed by atoms with E-state index in [-0.39, 0.29) is 0 Å². The van der Waals surface area contributed by atoms with Crippen molar-refractivity contribution in [1.82, 2.24) is 9.97 Å². The van der Waals surface area contributed by atoms with Gasteiger partial charge in [-0.2, -0.15) is 0 Å². The second-order valence-corrected chi connectivity index (χ2v) is 7.98. The Morgan fingerprint density at radius 2 is 1.70 bits per heavy atom. The van der Waals surface area contributed by atoms with E-state index < -0.39 is 0 Å². The number of halogens is 1. The molecule has 0 amide bonds. The van der Waals surface area contributed by atoms with E-state index in [0.717, 1.165) is 11.3 Å². The lowest BCUT2D eigenvalue weighted by molar-refractivity contribution is 1.31. The van der Waals surface area contributed by atoms with E-state index in [9.17, 15) is 0 Å². The minimum Gasteiger partial charge on any atom is -0.345 e. The van der Waals surface area contributed by atoms with Crippen molar-refractivity contribution in [1.29, 1.82) is 0 Å². The highest BCUT2D eigenvalue weighted by atomic mass is 79.9. The van der Waals surface area contributed by atoms with Crippen molar-refractivity contribution < 1.29 is 0 Å². The monoisotopic (exact) mass is 360 g/mol. The first-order valence-corrected chi connectivity index (χ1v) is 8.50. The molecule has 0 radical (unpaired) electrons. The number of nitrogens with zero attached hydrogens (tertiary/aromatic N) is 1. The highest BCUT2D eigenvalue weighted by Crippen LogP contribution is 2.40. The van der Waals surface area contributed by atoms with Gasteiger partial charge in [-0.3, -0.25) is 0 Å². The summed E-state index contributed by atoms with van der Waals surface area (Å²) in [5, 5.41) is 0. The summed E-state index contributed by atoms with van der Waals surface area (Å²) in [7, 11) is 0. The minimum atomic E-state index is 1.05. The SMILES string of the molecule is Brc1cc2sc(-c3ccc(-c4cnc[nH]4)cc3)cc2s1. The molecule has 0 spiro atoms. The van der Waals surface area contributed by atoms with Crippen molar-refractivity contribution in [2.45, 2.75) is 0 Å². The Morgan fingerprint density at radius 3 is 2.40 bits per heavy atom. The lowest BCUT2D eigenvalue weighted by Crippen LogP contribution is -1.77. The van der Waals surface area contributed by atoms with E-state index in [0.29, 0.717) is 0 Å². The van der Waals surface area contributed by atoms with Crippen LogP contribution < -0.4 is 0 Å². The fraction of sp³-hybridized carbons (Fsp3) is 0. The van der Waals surface area contributed by atoms with E-state index >= 15 is 0 Å². The highest BCUT2D eigenvalue weighted by molar-refractivity contribution is 9.11. The fourth-order valence-corrected chi connectivity index (χ4v) is 5.21. The Hall–Kier alpha value is -1.43. The van der Waals surface area contributed by atoms with E-state index in [4.69, 9.17) is 0 Å². The van der Waals surface area contributed by atoms with E-state index in [1.807, 2.05) is 17.5 Å². The Balaban J connectivity index is 1.72. The number of aromatic nitrogens is 2. The zero-order valence-corrected chi connectivity index (χ0v) is 13.5. The summed E-state index contributed by atoms with van der Waals surface area (Å²) < 4.78 is 3.88. The predicted octanol–water partition coefficient (Wildman–Crippen LogP) is 5.78. The first-order valence-electron chi connectivity index (χ1n) is 6.08. The number of nitrogens with one attached hydrogen (secondary N) is 1. The smallest absolute Gasteiger partial charge is 0.0924 e. The summed E-state index contributed by atoms with van der Waals surface area (Å²) in [6.07, 6.45) is 3.54. The first kappa shape index (κ1) is 12.3. The van der Waals surface area contributed by atoms with E-state index in [1.54, 1.807) is 17.7 Å². The van der Waals surface area contributed by atoms with Gasteiger partial charge in [0, 0.05) is 14.3 Å². The van der Waals surface area contributed by atoms with Gasteiger partial charge >= 0.3 is 0 Å². The third kappa shape index (κ3) is 2.12. The molecule has 0 aliphatic heterocycles. The maximum Gasteiger partial charge on any atom is 0.0924 e. The normalized spacial score (nSPS) is 11.2. The molecule has 4 aromatic rings. The van der Waals surface area contributed by atoms with Crippen LogP contribution in [0.2, 0.25) is 0 Å². The van der Waals surface area contributed by atoms with Crippen molar-refractivity contribution in [3.05, 3.63) is 52.7 Å². The van der Waals surface area contributed by atoms with Crippen LogP contribution in [0.1, 0.15) is 0 Å². The van der Waals surface area contributed by atoms with Crippen LogP contribution in [0.15, 0.2) is 52.7 Å². The molecule has 0 aliphatic rings. The Bertz CT molecular complexity index is 826. The molecule has 3 aromatic heterocycles. The molecule has 0 saturated heterocycles. The topological polar surface area (TPSA) is 28.7 Å². The molecule has 20 heavy (non-hydrogen) atoms. The average molecular weight is 361 g/mol. The zero-order valence-electron chi connectivity index (χ0n) is 10.3. The van der Waals surface area contributed by atoms with Gasteiger partial charge in [0.2, 0.25) is 0 Å². The summed E-state index contributed by atoms with van der Waals surface area (Å²) in [4.78, 5) is 8.49. The van der Waals surface area contributed by atoms with Crippen LogP contribution in [0, 0.1) is 0 Å². The number of rotatable bonds is 2. The molecule has 98 valence electrons. The molecule has 0 atom stereocenters. The molecule has 0 saturated carbocycles. The number of aromatic amines is 1.